The third kappa shape index (κ3) is 4.22. The first-order chi connectivity index (χ1) is 9.83. The molecule has 0 saturated carbocycles. The van der Waals surface area contributed by atoms with Crippen LogP contribution in [0, 0.1) is 17.2 Å². The van der Waals surface area contributed by atoms with Crippen molar-refractivity contribution in [1.82, 2.24) is 5.32 Å². The van der Waals surface area contributed by atoms with Crippen molar-refractivity contribution in [2.24, 2.45) is 5.92 Å². The molecule has 4 nitrogen and oxygen atoms in total. The van der Waals surface area contributed by atoms with Crippen LogP contribution in [0.1, 0.15) is 25.3 Å². The third-order valence-corrected chi connectivity index (χ3v) is 3.71. The molecule has 0 radical (unpaired) electrons. The maximum absolute atomic E-state index is 8.45. The molecular formula is C16H22N2O2. The third-order valence-electron chi connectivity index (χ3n) is 3.71. The minimum absolute atomic E-state index is 0.0949. The lowest BCUT2D eigenvalue weighted by molar-refractivity contribution is 0.0872. The van der Waals surface area contributed by atoms with E-state index in [0.717, 1.165) is 38.3 Å². The Morgan fingerprint density at radius 2 is 2.20 bits per heavy atom. The van der Waals surface area contributed by atoms with Crippen LogP contribution < -0.4 is 10.1 Å². The lowest BCUT2D eigenvalue weighted by atomic mass is 9.99. The van der Waals surface area contributed by atoms with Crippen LogP contribution in [-0.4, -0.2) is 25.9 Å². The van der Waals surface area contributed by atoms with E-state index in [0.29, 0.717) is 12.0 Å². The molecular weight excluding hydrogens is 252 g/mol. The van der Waals surface area contributed by atoms with Crippen molar-refractivity contribution in [1.29, 1.82) is 5.26 Å². The molecule has 1 saturated heterocycles. The molecule has 2 unspecified atom stereocenters. The van der Waals surface area contributed by atoms with Crippen molar-refractivity contribution in [3.63, 3.8) is 0 Å². The van der Waals surface area contributed by atoms with E-state index >= 15 is 0 Å². The largest absolute Gasteiger partial charge is 0.479 e. The Hall–Kier alpha value is -1.57. The normalized spacial score (nSPS) is 21.6. The van der Waals surface area contributed by atoms with Crippen molar-refractivity contribution in [3.8, 4) is 11.8 Å². The summed E-state index contributed by atoms with van der Waals surface area (Å²) < 4.78 is 10.9. The summed E-state index contributed by atoms with van der Waals surface area (Å²) in [5, 5.41) is 11.9. The highest BCUT2D eigenvalue weighted by Gasteiger charge is 2.25. The van der Waals surface area contributed by atoms with E-state index in [1.54, 1.807) is 0 Å². The maximum Gasteiger partial charge on any atom is 0.174 e. The molecule has 108 valence electrons. The quantitative estimate of drug-likeness (QED) is 0.830. The molecule has 1 aliphatic heterocycles. The van der Waals surface area contributed by atoms with Crippen LogP contribution in [0.15, 0.2) is 24.3 Å². The Kier molecular flexibility index (Phi) is 5.85. The second-order valence-corrected chi connectivity index (χ2v) is 5.09. The molecule has 1 fully saturated rings. The number of ether oxygens (including phenoxy) is 2. The van der Waals surface area contributed by atoms with Crippen molar-refractivity contribution in [2.75, 3.05) is 19.8 Å². The van der Waals surface area contributed by atoms with Crippen LogP contribution in [0.25, 0.3) is 0 Å². The SMILES string of the molecule is CCC1OCCC1CNCc1ccc(OCC#N)cc1. The summed E-state index contributed by atoms with van der Waals surface area (Å²) in [6.07, 6.45) is 2.67. The number of hydrogen-bond donors (Lipinski definition) is 1. The van der Waals surface area contributed by atoms with Gasteiger partial charge in [-0.25, -0.2) is 0 Å². The summed E-state index contributed by atoms with van der Waals surface area (Å²) in [7, 11) is 0. The fraction of sp³-hybridized carbons (Fsp3) is 0.562. The molecule has 1 aliphatic rings. The topological polar surface area (TPSA) is 54.3 Å². The Morgan fingerprint density at radius 3 is 2.90 bits per heavy atom. The van der Waals surface area contributed by atoms with E-state index in [9.17, 15) is 0 Å². The molecule has 4 heteroatoms. The Labute approximate surface area is 120 Å². The second-order valence-electron chi connectivity index (χ2n) is 5.09. The van der Waals surface area contributed by atoms with Gasteiger partial charge < -0.3 is 14.8 Å². The first-order valence-electron chi connectivity index (χ1n) is 7.24. The molecule has 2 rings (SSSR count). The lowest BCUT2D eigenvalue weighted by Gasteiger charge is -2.17. The number of hydrogen-bond acceptors (Lipinski definition) is 4. The van der Waals surface area contributed by atoms with E-state index in [4.69, 9.17) is 14.7 Å². The van der Waals surface area contributed by atoms with Crippen molar-refractivity contribution in [2.45, 2.75) is 32.4 Å². The van der Waals surface area contributed by atoms with Gasteiger partial charge in [-0.2, -0.15) is 5.26 Å². The highest BCUT2D eigenvalue weighted by molar-refractivity contribution is 5.27. The van der Waals surface area contributed by atoms with Gasteiger partial charge in [0.25, 0.3) is 0 Å². The van der Waals surface area contributed by atoms with Gasteiger partial charge in [-0.1, -0.05) is 19.1 Å². The fourth-order valence-electron chi connectivity index (χ4n) is 2.60. The van der Waals surface area contributed by atoms with Gasteiger partial charge in [0.1, 0.15) is 11.8 Å². The highest BCUT2D eigenvalue weighted by Crippen LogP contribution is 2.22. The molecule has 2 atom stereocenters. The highest BCUT2D eigenvalue weighted by atomic mass is 16.5. The van der Waals surface area contributed by atoms with Crippen molar-refractivity contribution < 1.29 is 9.47 Å². The zero-order valence-electron chi connectivity index (χ0n) is 12.0. The van der Waals surface area contributed by atoms with Crippen molar-refractivity contribution >= 4 is 0 Å². The maximum atomic E-state index is 8.45. The monoisotopic (exact) mass is 274 g/mol. The number of benzene rings is 1. The summed E-state index contributed by atoms with van der Waals surface area (Å²) in [5.74, 6) is 1.38. The van der Waals surface area contributed by atoms with Crippen LogP contribution in [0.3, 0.4) is 0 Å². The molecule has 1 aromatic carbocycles. The first kappa shape index (κ1) is 14.8. The Balaban J connectivity index is 1.72. The molecule has 0 aromatic heterocycles. The van der Waals surface area contributed by atoms with Crippen LogP contribution >= 0.6 is 0 Å². The van der Waals surface area contributed by atoms with E-state index in [1.807, 2.05) is 30.3 Å². The smallest absolute Gasteiger partial charge is 0.174 e. The Morgan fingerprint density at radius 1 is 1.40 bits per heavy atom. The second kappa shape index (κ2) is 7.88. The number of nitrogens with one attached hydrogen (secondary N) is 1. The van der Waals surface area contributed by atoms with E-state index in [1.165, 1.54) is 5.56 Å². The minimum atomic E-state index is 0.0949. The first-order valence-corrected chi connectivity index (χ1v) is 7.24. The van der Waals surface area contributed by atoms with Gasteiger partial charge in [0.15, 0.2) is 6.61 Å². The summed E-state index contributed by atoms with van der Waals surface area (Å²) >= 11 is 0. The van der Waals surface area contributed by atoms with Gasteiger partial charge in [-0.05, 0) is 36.5 Å². The number of nitrogens with zero attached hydrogens (tertiary/aromatic N) is 1. The van der Waals surface area contributed by atoms with Crippen LogP contribution in [-0.2, 0) is 11.3 Å². The predicted octanol–water partition coefficient (Wildman–Crippen LogP) is 2.49. The standard InChI is InChI=1S/C16H22N2O2/c1-2-16-14(7-9-20-16)12-18-11-13-3-5-15(6-4-13)19-10-8-17/h3-6,14,16,18H,2,7,9-12H2,1H3. The summed E-state index contributed by atoms with van der Waals surface area (Å²) in [6, 6.07) is 9.83. The lowest BCUT2D eigenvalue weighted by Crippen LogP contribution is -2.27. The average Bonchev–Trinajstić information content (AvgIpc) is 2.94. The van der Waals surface area contributed by atoms with Crippen LogP contribution in [0.4, 0.5) is 0 Å². The molecule has 0 spiro atoms. The van der Waals surface area contributed by atoms with Gasteiger partial charge in [-0.15, -0.1) is 0 Å². The molecule has 0 aliphatic carbocycles. The summed E-state index contributed by atoms with van der Waals surface area (Å²) in [6.45, 7) is 5.03. The zero-order chi connectivity index (χ0) is 14.2. The fourth-order valence-corrected chi connectivity index (χ4v) is 2.60. The molecule has 0 bridgehead atoms. The van der Waals surface area contributed by atoms with Crippen LogP contribution in [0.2, 0.25) is 0 Å². The molecule has 1 aromatic rings. The molecule has 1 heterocycles. The number of rotatable bonds is 7. The molecule has 0 amide bonds. The summed E-state index contributed by atoms with van der Waals surface area (Å²) in [4.78, 5) is 0. The van der Waals surface area contributed by atoms with Gasteiger partial charge in [0, 0.05) is 19.7 Å². The van der Waals surface area contributed by atoms with Gasteiger partial charge in [0.2, 0.25) is 0 Å². The molecule has 1 N–H and O–H groups in total. The minimum Gasteiger partial charge on any atom is -0.479 e. The summed E-state index contributed by atoms with van der Waals surface area (Å²) in [5.41, 5.74) is 1.22. The van der Waals surface area contributed by atoms with Crippen molar-refractivity contribution in [3.05, 3.63) is 29.8 Å². The zero-order valence-corrected chi connectivity index (χ0v) is 12.0. The van der Waals surface area contributed by atoms with Gasteiger partial charge >= 0.3 is 0 Å². The van der Waals surface area contributed by atoms with Gasteiger partial charge in [-0.3, -0.25) is 0 Å². The number of nitriles is 1. The van der Waals surface area contributed by atoms with E-state index in [-0.39, 0.29) is 6.61 Å². The predicted molar refractivity (Wildman–Crippen MR) is 77.4 cm³/mol. The van der Waals surface area contributed by atoms with Crippen LogP contribution in [0.5, 0.6) is 5.75 Å². The van der Waals surface area contributed by atoms with Gasteiger partial charge in [0.05, 0.1) is 6.10 Å². The Bertz CT molecular complexity index is 439. The van der Waals surface area contributed by atoms with E-state index < -0.39 is 0 Å². The molecule has 20 heavy (non-hydrogen) atoms. The van der Waals surface area contributed by atoms with E-state index in [2.05, 4.69) is 12.2 Å². The average molecular weight is 274 g/mol.